The molecule has 0 fully saturated rings. The third-order valence-corrected chi connectivity index (χ3v) is 2.20. The van der Waals surface area contributed by atoms with Gasteiger partial charge in [0.25, 0.3) is 0 Å². The first-order chi connectivity index (χ1) is 7.43. The standard InChI is InChI=1S/C11H13BF3O.K/c1-3-9(2)8-16-11-6-4-10(5-7-11)12(13,14)15;/h4-7H,2-3,8H2,1H3;/q-1;+1. The Bertz CT molecular complexity index is 362. The van der Waals surface area contributed by atoms with Crippen LogP contribution in [0.25, 0.3) is 0 Å². The Kier molecular flexibility index (Phi) is 7.75. The normalized spacial score (nSPS) is 10.6. The molecule has 0 unspecified atom stereocenters. The van der Waals surface area contributed by atoms with Crippen molar-refractivity contribution in [2.75, 3.05) is 6.61 Å². The third kappa shape index (κ3) is 6.11. The molecule has 0 aromatic heterocycles. The first kappa shape index (κ1) is 17.3. The van der Waals surface area contributed by atoms with E-state index in [-0.39, 0.29) is 51.4 Å². The van der Waals surface area contributed by atoms with Crippen LogP contribution in [0.3, 0.4) is 0 Å². The summed E-state index contributed by atoms with van der Waals surface area (Å²) in [5.74, 6) is 0.429. The summed E-state index contributed by atoms with van der Waals surface area (Å²) in [6.07, 6.45) is 0.795. The minimum Gasteiger partial charge on any atom is -0.489 e. The molecular weight excluding hydrogens is 255 g/mol. The number of hydrogen-bond acceptors (Lipinski definition) is 1. The molecule has 0 saturated carbocycles. The molecule has 0 bridgehead atoms. The Balaban J connectivity index is 0.00000256. The van der Waals surface area contributed by atoms with Crippen LogP contribution < -0.4 is 61.6 Å². The number of halogens is 3. The SMILES string of the molecule is C=C(CC)COc1ccc([B-](F)(F)F)cc1.[K+]. The summed E-state index contributed by atoms with van der Waals surface area (Å²) in [7, 11) is 0. The molecule has 0 spiro atoms. The van der Waals surface area contributed by atoms with Crippen LogP contribution in [0.15, 0.2) is 36.4 Å². The summed E-state index contributed by atoms with van der Waals surface area (Å²) in [5.41, 5.74) is 0.297. The van der Waals surface area contributed by atoms with Crippen LogP contribution in [0, 0.1) is 0 Å². The van der Waals surface area contributed by atoms with Crippen molar-refractivity contribution in [3.63, 3.8) is 0 Å². The van der Waals surface area contributed by atoms with Crippen molar-refractivity contribution < 1.29 is 69.1 Å². The Morgan fingerprint density at radius 3 is 2.18 bits per heavy atom. The molecule has 1 nitrogen and oxygen atoms in total. The zero-order valence-corrected chi connectivity index (χ0v) is 13.2. The molecule has 0 aliphatic carbocycles. The van der Waals surface area contributed by atoms with Gasteiger partial charge >= 0.3 is 58.4 Å². The summed E-state index contributed by atoms with van der Waals surface area (Å²) >= 11 is 0. The van der Waals surface area contributed by atoms with Gasteiger partial charge in [0.2, 0.25) is 0 Å². The van der Waals surface area contributed by atoms with E-state index >= 15 is 0 Å². The van der Waals surface area contributed by atoms with Gasteiger partial charge < -0.3 is 17.7 Å². The van der Waals surface area contributed by atoms with Crippen LogP contribution in [0.2, 0.25) is 0 Å². The van der Waals surface area contributed by atoms with Gasteiger partial charge in [-0.3, -0.25) is 0 Å². The molecule has 88 valence electrons. The number of benzene rings is 1. The number of rotatable bonds is 5. The van der Waals surface area contributed by atoms with E-state index in [1.165, 1.54) is 12.1 Å². The average molecular weight is 268 g/mol. The molecule has 0 heterocycles. The molecule has 0 amide bonds. The molecule has 1 rings (SSSR count). The van der Waals surface area contributed by atoms with Crippen LogP contribution in [-0.4, -0.2) is 13.6 Å². The molecule has 0 aliphatic heterocycles. The van der Waals surface area contributed by atoms with Crippen LogP contribution in [0.5, 0.6) is 5.75 Å². The van der Waals surface area contributed by atoms with Crippen molar-refractivity contribution in [1.29, 1.82) is 0 Å². The van der Waals surface area contributed by atoms with Crippen molar-refractivity contribution >= 4 is 12.4 Å². The molecule has 0 radical (unpaired) electrons. The molecule has 0 N–H and O–H groups in total. The van der Waals surface area contributed by atoms with E-state index in [1.54, 1.807) is 0 Å². The molecule has 6 heteroatoms. The van der Waals surface area contributed by atoms with Crippen molar-refractivity contribution in [2.45, 2.75) is 13.3 Å². The van der Waals surface area contributed by atoms with Crippen molar-refractivity contribution in [3.05, 3.63) is 36.4 Å². The number of ether oxygens (including phenoxy) is 1. The Labute approximate surface area is 142 Å². The molecule has 17 heavy (non-hydrogen) atoms. The number of hydrogen-bond donors (Lipinski definition) is 0. The largest absolute Gasteiger partial charge is 1.00 e. The Morgan fingerprint density at radius 2 is 1.76 bits per heavy atom. The second kappa shape index (κ2) is 7.63. The van der Waals surface area contributed by atoms with Crippen LogP contribution in [0.4, 0.5) is 12.9 Å². The summed E-state index contributed by atoms with van der Waals surface area (Å²) in [5, 5.41) is 0. The zero-order valence-electron chi connectivity index (χ0n) is 10.1. The van der Waals surface area contributed by atoms with Gasteiger partial charge in [0.1, 0.15) is 12.4 Å². The second-order valence-electron chi connectivity index (χ2n) is 3.54. The fourth-order valence-electron chi connectivity index (χ4n) is 1.07. The Morgan fingerprint density at radius 1 is 1.24 bits per heavy atom. The fourth-order valence-corrected chi connectivity index (χ4v) is 1.07. The van der Waals surface area contributed by atoms with Gasteiger partial charge in [-0.25, -0.2) is 0 Å². The summed E-state index contributed by atoms with van der Waals surface area (Å²) in [6.45, 7) is 1.11. The summed E-state index contributed by atoms with van der Waals surface area (Å²) < 4.78 is 42.2. The fraction of sp³-hybridized carbons (Fsp3) is 0.273. The van der Waals surface area contributed by atoms with Crippen molar-refractivity contribution in [3.8, 4) is 5.75 Å². The van der Waals surface area contributed by atoms with E-state index in [2.05, 4.69) is 6.58 Å². The quantitative estimate of drug-likeness (QED) is 0.543. The average Bonchev–Trinajstić information content (AvgIpc) is 2.25. The van der Waals surface area contributed by atoms with Gasteiger partial charge in [0, 0.05) is 0 Å². The van der Waals surface area contributed by atoms with E-state index in [9.17, 15) is 12.9 Å². The van der Waals surface area contributed by atoms with E-state index in [4.69, 9.17) is 4.74 Å². The second-order valence-corrected chi connectivity index (χ2v) is 3.54. The topological polar surface area (TPSA) is 9.23 Å². The summed E-state index contributed by atoms with van der Waals surface area (Å²) in [6, 6.07) is 4.72. The van der Waals surface area contributed by atoms with Crippen molar-refractivity contribution in [1.82, 2.24) is 0 Å². The molecular formula is C11H13BF3KO. The maximum Gasteiger partial charge on any atom is 1.00 e. The van der Waals surface area contributed by atoms with Crippen LogP contribution >= 0.6 is 0 Å². The monoisotopic (exact) mass is 268 g/mol. The first-order valence-electron chi connectivity index (χ1n) is 5.03. The van der Waals surface area contributed by atoms with Gasteiger partial charge in [-0.2, -0.15) is 0 Å². The van der Waals surface area contributed by atoms with Gasteiger partial charge in [0.05, 0.1) is 0 Å². The van der Waals surface area contributed by atoms with Gasteiger partial charge in [-0.15, -0.1) is 5.46 Å². The minimum absolute atomic E-state index is 0. The molecule has 0 atom stereocenters. The predicted octanol–water partition coefficient (Wildman–Crippen LogP) is 0.0900. The predicted molar refractivity (Wildman–Crippen MR) is 60.1 cm³/mol. The molecule has 1 aromatic carbocycles. The van der Waals surface area contributed by atoms with E-state index in [0.29, 0.717) is 12.4 Å². The molecule has 1 aromatic rings. The molecule has 0 saturated heterocycles. The maximum absolute atomic E-state index is 12.3. The summed E-state index contributed by atoms with van der Waals surface area (Å²) in [4.78, 5) is 0. The third-order valence-electron chi connectivity index (χ3n) is 2.20. The maximum atomic E-state index is 12.3. The van der Waals surface area contributed by atoms with Gasteiger partial charge in [-0.1, -0.05) is 25.6 Å². The van der Waals surface area contributed by atoms with Gasteiger partial charge in [-0.05, 0) is 24.1 Å². The van der Waals surface area contributed by atoms with E-state index < -0.39 is 12.4 Å². The van der Waals surface area contributed by atoms with E-state index in [1.807, 2.05) is 6.92 Å². The smallest absolute Gasteiger partial charge is 0.489 e. The van der Waals surface area contributed by atoms with Crippen LogP contribution in [-0.2, 0) is 0 Å². The zero-order chi connectivity index (χ0) is 12.2. The van der Waals surface area contributed by atoms with Crippen molar-refractivity contribution in [2.24, 2.45) is 0 Å². The Hall–Kier alpha value is 0.251. The van der Waals surface area contributed by atoms with Crippen LogP contribution in [0.1, 0.15) is 13.3 Å². The molecule has 0 aliphatic rings. The minimum atomic E-state index is -4.92. The first-order valence-corrected chi connectivity index (χ1v) is 5.03. The van der Waals surface area contributed by atoms with Gasteiger partial charge in [0.15, 0.2) is 0 Å². The van der Waals surface area contributed by atoms with E-state index in [0.717, 1.165) is 24.1 Å².